The second-order valence-corrected chi connectivity index (χ2v) is 11.7. The summed E-state index contributed by atoms with van der Waals surface area (Å²) in [6.07, 6.45) is 1.71. The number of aromatic nitrogens is 2. The SMILES string of the molecule is CC1CN(C(=N)Nc2ccc(Nc3ncc4c(n3)-c3ccc(CI)cc3C(c3c(F)cccc3F)=NC4)cc2)CC(C)N1. The molecule has 2 unspecified atom stereocenters. The van der Waals surface area contributed by atoms with E-state index in [2.05, 4.69) is 62.4 Å². The number of benzene rings is 3. The van der Waals surface area contributed by atoms with Crippen LogP contribution in [0.25, 0.3) is 11.3 Å². The maximum absolute atomic E-state index is 14.9. The first kappa shape index (κ1) is 29.1. The first-order valence-electron chi connectivity index (χ1n) is 14.1. The number of rotatable bonds is 5. The van der Waals surface area contributed by atoms with Crippen molar-refractivity contribution in [2.45, 2.75) is 36.9 Å². The zero-order chi connectivity index (χ0) is 30.1. The van der Waals surface area contributed by atoms with E-state index in [1.54, 1.807) is 6.20 Å². The highest BCUT2D eigenvalue weighted by molar-refractivity contribution is 14.1. The number of hydrogen-bond acceptors (Lipinski definition) is 6. The highest BCUT2D eigenvalue weighted by Gasteiger charge is 2.26. The topological polar surface area (TPSA) is 101 Å². The lowest BCUT2D eigenvalue weighted by molar-refractivity contribution is 0.253. The number of aliphatic imine (C=N–C) groups is 1. The van der Waals surface area contributed by atoms with Crippen LogP contribution in [0.3, 0.4) is 0 Å². The number of guanidine groups is 1. The largest absolute Gasteiger partial charge is 0.340 e. The minimum atomic E-state index is -0.658. The Morgan fingerprint density at radius 1 is 1.00 bits per heavy atom. The van der Waals surface area contributed by atoms with Gasteiger partial charge in [0.2, 0.25) is 5.95 Å². The van der Waals surface area contributed by atoms with Gasteiger partial charge >= 0.3 is 0 Å². The molecule has 0 radical (unpaired) electrons. The van der Waals surface area contributed by atoms with Gasteiger partial charge in [0, 0.05) is 63.9 Å². The number of nitrogens with zero attached hydrogens (tertiary/aromatic N) is 4. The fraction of sp³-hybridized carbons (Fsp3) is 0.250. The number of piperazine rings is 1. The van der Waals surface area contributed by atoms with E-state index >= 15 is 0 Å². The van der Waals surface area contributed by atoms with E-state index in [4.69, 9.17) is 10.4 Å². The monoisotopic (exact) mass is 692 g/mol. The molecule has 0 spiro atoms. The molecule has 2 aliphatic rings. The summed E-state index contributed by atoms with van der Waals surface area (Å²) in [7, 11) is 0. The predicted molar refractivity (Wildman–Crippen MR) is 176 cm³/mol. The molecule has 2 atom stereocenters. The summed E-state index contributed by atoms with van der Waals surface area (Å²) in [4.78, 5) is 16.1. The lowest BCUT2D eigenvalue weighted by Gasteiger charge is -2.37. The van der Waals surface area contributed by atoms with Crippen LogP contribution in [0.5, 0.6) is 0 Å². The average Bonchev–Trinajstić information content (AvgIpc) is 3.14. The zero-order valence-electron chi connectivity index (χ0n) is 23.8. The molecule has 0 saturated carbocycles. The van der Waals surface area contributed by atoms with Gasteiger partial charge < -0.3 is 20.9 Å². The van der Waals surface area contributed by atoms with E-state index in [0.717, 1.165) is 45.6 Å². The second-order valence-electron chi connectivity index (χ2n) is 10.9. The summed E-state index contributed by atoms with van der Waals surface area (Å²) in [6.45, 7) is 5.97. The molecule has 4 aromatic rings. The van der Waals surface area contributed by atoms with Crippen LogP contribution in [0.1, 0.15) is 36.1 Å². The summed E-state index contributed by atoms with van der Waals surface area (Å²) in [5, 5.41) is 18.5. The van der Waals surface area contributed by atoms with Crippen LogP contribution in [0.15, 0.2) is 71.9 Å². The highest BCUT2D eigenvalue weighted by atomic mass is 127. The van der Waals surface area contributed by atoms with Gasteiger partial charge in [0.1, 0.15) is 11.6 Å². The third-order valence-electron chi connectivity index (χ3n) is 7.50. The molecule has 0 amide bonds. The maximum Gasteiger partial charge on any atom is 0.227 e. The molecular formula is C32H31F2IN8. The van der Waals surface area contributed by atoms with E-state index in [1.165, 1.54) is 18.2 Å². The molecular weight excluding hydrogens is 661 g/mol. The number of nitrogens with one attached hydrogen (secondary N) is 4. The Morgan fingerprint density at radius 3 is 2.40 bits per heavy atom. The molecule has 43 heavy (non-hydrogen) atoms. The lowest BCUT2D eigenvalue weighted by atomic mass is 9.93. The van der Waals surface area contributed by atoms with Gasteiger partial charge in [-0.3, -0.25) is 10.4 Å². The number of anilines is 3. The molecule has 0 aliphatic carbocycles. The molecule has 3 aromatic carbocycles. The van der Waals surface area contributed by atoms with Gasteiger partial charge in [-0.1, -0.05) is 40.8 Å². The quantitative estimate of drug-likeness (QED) is 0.0828. The molecule has 11 heteroatoms. The summed E-state index contributed by atoms with van der Waals surface area (Å²) >= 11 is 2.27. The van der Waals surface area contributed by atoms with E-state index in [0.29, 0.717) is 35.2 Å². The molecule has 1 aromatic heterocycles. The molecule has 3 heterocycles. The second kappa shape index (κ2) is 12.3. The van der Waals surface area contributed by atoms with Crippen LogP contribution in [0.2, 0.25) is 0 Å². The third-order valence-corrected chi connectivity index (χ3v) is 8.38. The molecule has 1 fully saturated rings. The maximum atomic E-state index is 14.9. The number of halogens is 3. The summed E-state index contributed by atoms with van der Waals surface area (Å²) in [5.74, 6) is -0.556. The van der Waals surface area contributed by atoms with Crippen molar-refractivity contribution >= 4 is 51.6 Å². The van der Waals surface area contributed by atoms with Gasteiger partial charge in [0.25, 0.3) is 0 Å². The first-order chi connectivity index (χ1) is 20.8. The molecule has 6 rings (SSSR count). The minimum absolute atomic E-state index is 0.142. The van der Waals surface area contributed by atoms with Crippen LogP contribution in [-0.2, 0) is 11.0 Å². The van der Waals surface area contributed by atoms with Gasteiger partial charge in [-0.2, -0.15) is 0 Å². The Morgan fingerprint density at radius 2 is 1.70 bits per heavy atom. The summed E-state index contributed by atoms with van der Waals surface area (Å²) in [6, 6.07) is 18.0. The van der Waals surface area contributed by atoms with Crippen molar-refractivity contribution in [3.05, 3.63) is 101 Å². The molecule has 0 bridgehead atoms. The molecule has 8 nitrogen and oxygen atoms in total. The third kappa shape index (κ3) is 6.23. The Labute approximate surface area is 262 Å². The van der Waals surface area contributed by atoms with Gasteiger partial charge in [-0.05, 0) is 61.9 Å². The van der Waals surface area contributed by atoms with Crippen molar-refractivity contribution in [1.29, 1.82) is 5.41 Å². The Balaban J connectivity index is 1.25. The fourth-order valence-corrected chi connectivity index (χ4v) is 6.05. The molecule has 4 N–H and O–H groups in total. The highest BCUT2D eigenvalue weighted by Crippen LogP contribution is 2.34. The minimum Gasteiger partial charge on any atom is -0.340 e. The zero-order valence-corrected chi connectivity index (χ0v) is 25.9. The van der Waals surface area contributed by atoms with Gasteiger partial charge in [-0.15, -0.1) is 0 Å². The number of fused-ring (bicyclic) bond motifs is 3. The van der Waals surface area contributed by atoms with Crippen LogP contribution >= 0.6 is 22.6 Å². The van der Waals surface area contributed by atoms with Crippen molar-refractivity contribution in [2.75, 3.05) is 23.7 Å². The van der Waals surface area contributed by atoms with Crippen molar-refractivity contribution in [1.82, 2.24) is 20.2 Å². The van der Waals surface area contributed by atoms with Crippen LogP contribution in [0, 0.1) is 17.0 Å². The smallest absolute Gasteiger partial charge is 0.227 e. The normalized spacial score (nSPS) is 17.8. The average molecular weight is 693 g/mol. The van der Waals surface area contributed by atoms with Crippen molar-refractivity contribution in [2.24, 2.45) is 4.99 Å². The Hall–Kier alpha value is -3.97. The van der Waals surface area contributed by atoms with E-state index in [9.17, 15) is 8.78 Å². The van der Waals surface area contributed by atoms with Crippen molar-refractivity contribution in [3.8, 4) is 11.3 Å². The van der Waals surface area contributed by atoms with E-state index in [-0.39, 0.29) is 17.8 Å². The number of alkyl halides is 1. The molecule has 220 valence electrons. The first-order valence-corrected chi connectivity index (χ1v) is 15.6. The summed E-state index contributed by atoms with van der Waals surface area (Å²) in [5.41, 5.74) is 5.52. The Bertz CT molecular complexity index is 1680. The predicted octanol–water partition coefficient (Wildman–Crippen LogP) is 6.48. The van der Waals surface area contributed by atoms with Crippen LogP contribution in [0.4, 0.5) is 26.1 Å². The van der Waals surface area contributed by atoms with Crippen LogP contribution < -0.4 is 16.0 Å². The Kier molecular flexibility index (Phi) is 8.35. The van der Waals surface area contributed by atoms with Crippen LogP contribution in [-0.4, -0.2) is 51.7 Å². The van der Waals surface area contributed by atoms with Gasteiger partial charge in [-0.25, -0.2) is 18.7 Å². The number of hydrogen-bond donors (Lipinski definition) is 4. The molecule has 1 saturated heterocycles. The van der Waals surface area contributed by atoms with Gasteiger partial charge in [0.15, 0.2) is 5.96 Å². The summed E-state index contributed by atoms with van der Waals surface area (Å²) < 4.78 is 30.6. The van der Waals surface area contributed by atoms with E-state index in [1.807, 2.05) is 47.4 Å². The fourth-order valence-electron chi connectivity index (χ4n) is 5.57. The molecule has 2 aliphatic heterocycles. The van der Waals surface area contributed by atoms with Crippen molar-refractivity contribution in [3.63, 3.8) is 0 Å². The van der Waals surface area contributed by atoms with Gasteiger partial charge in [0.05, 0.1) is 23.5 Å². The lowest BCUT2D eigenvalue weighted by Crippen LogP contribution is -2.56. The standard InChI is InChI=1S/C32H31F2IN8/c1-18-16-43(17-19(2)39-18)31(36)40-22-7-9-23(10-8-22)41-32-38-15-21-14-37-30(28-26(33)4-3-5-27(28)34)25-12-20(13-35)6-11-24(25)29(21)42-32/h3-12,15,18-19,39H,13-14,16-17H2,1-2H3,(H2,36,40)(H,38,41,42). The van der Waals surface area contributed by atoms with E-state index < -0.39 is 11.6 Å². The van der Waals surface area contributed by atoms with Crippen molar-refractivity contribution < 1.29 is 8.78 Å².